The van der Waals surface area contributed by atoms with E-state index < -0.39 is 17.7 Å². The molecule has 3 aromatic heterocycles. The molecule has 1 amide bonds. The van der Waals surface area contributed by atoms with Gasteiger partial charge in [-0.25, -0.2) is 14.4 Å². The first-order valence-electron chi connectivity index (χ1n) is 10.6. The van der Waals surface area contributed by atoms with E-state index in [0.717, 1.165) is 30.1 Å². The van der Waals surface area contributed by atoms with Gasteiger partial charge in [0.25, 0.3) is 5.91 Å². The predicted octanol–water partition coefficient (Wildman–Crippen LogP) is 5.32. The van der Waals surface area contributed by atoms with Crippen LogP contribution in [0.4, 0.5) is 23.2 Å². The van der Waals surface area contributed by atoms with Crippen LogP contribution in [-0.2, 0) is 6.18 Å². The third-order valence-electron chi connectivity index (χ3n) is 5.71. The Morgan fingerprint density at radius 3 is 2.82 bits per heavy atom. The number of hydrogen-bond acceptors (Lipinski definition) is 4. The van der Waals surface area contributed by atoms with E-state index in [4.69, 9.17) is 0 Å². The number of amides is 1. The summed E-state index contributed by atoms with van der Waals surface area (Å²) in [5.41, 5.74) is 0.994. The highest BCUT2D eigenvalue weighted by Gasteiger charge is 2.33. The molecule has 0 saturated carbocycles. The first-order valence-corrected chi connectivity index (χ1v) is 10.6. The van der Waals surface area contributed by atoms with E-state index in [1.807, 2.05) is 0 Å². The molecule has 0 aliphatic heterocycles. The number of alkyl halides is 3. The summed E-state index contributed by atoms with van der Waals surface area (Å²) in [5, 5.41) is 6.22. The standard InChI is InChI=1S/C24H19F4N5O/c25-15-4-5-20-19(9-15)21(11-22(32-20)24(26,27)28)30-16-2-1-3-17(10-16)31-23(34)14-6-7-33-13-29-12-18(33)8-14/h4-13,17H,1-3H2,(H,30,32)(H,31,34). The van der Waals surface area contributed by atoms with Gasteiger partial charge in [0.15, 0.2) is 0 Å². The Hall–Kier alpha value is -3.95. The third-order valence-corrected chi connectivity index (χ3v) is 5.71. The number of carbonyl (C=O) groups excluding carboxylic acids is 1. The van der Waals surface area contributed by atoms with Crippen LogP contribution in [0.25, 0.3) is 16.4 Å². The van der Waals surface area contributed by atoms with Gasteiger partial charge in [-0.3, -0.25) is 4.79 Å². The summed E-state index contributed by atoms with van der Waals surface area (Å²) in [6.07, 6.45) is 4.15. The second kappa shape index (κ2) is 8.44. The van der Waals surface area contributed by atoms with E-state index in [0.29, 0.717) is 24.1 Å². The number of nitrogens with one attached hydrogen (secondary N) is 2. The molecular weight excluding hydrogens is 450 g/mol. The van der Waals surface area contributed by atoms with Crippen molar-refractivity contribution in [2.24, 2.45) is 0 Å². The lowest BCUT2D eigenvalue weighted by Gasteiger charge is -2.24. The number of rotatable bonds is 4. The molecule has 2 N–H and O–H groups in total. The lowest BCUT2D eigenvalue weighted by Crippen LogP contribution is -2.35. The highest BCUT2D eigenvalue weighted by Crippen LogP contribution is 2.34. The summed E-state index contributed by atoms with van der Waals surface area (Å²) in [7, 11) is 0. The van der Waals surface area contributed by atoms with Crippen LogP contribution in [-0.4, -0.2) is 26.3 Å². The molecule has 0 spiro atoms. The van der Waals surface area contributed by atoms with Crippen LogP contribution in [0.1, 0.15) is 35.3 Å². The van der Waals surface area contributed by atoms with Gasteiger partial charge in [-0.15, -0.1) is 0 Å². The number of fused-ring (bicyclic) bond motifs is 2. The molecule has 1 aromatic carbocycles. The van der Waals surface area contributed by atoms with Gasteiger partial charge in [0.2, 0.25) is 0 Å². The summed E-state index contributed by atoms with van der Waals surface area (Å²) >= 11 is 0. The van der Waals surface area contributed by atoms with Gasteiger partial charge in [0.1, 0.15) is 11.5 Å². The van der Waals surface area contributed by atoms with Crippen molar-refractivity contribution in [2.45, 2.75) is 31.5 Å². The minimum Gasteiger partial charge on any atom is -0.359 e. The van der Waals surface area contributed by atoms with Gasteiger partial charge in [-0.05, 0) is 61.7 Å². The summed E-state index contributed by atoms with van der Waals surface area (Å²) in [6.45, 7) is 0. The quantitative estimate of drug-likeness (QED) is 0.397. The van der Waals surface area contributed by atoms with E-state index in [-0.39, 0.29) is 28.5 Å². The molecule has 3 heterocycles. The van der Waals surface area contributed by atoms with Gasteiger partial charge in [0, 0.05) is 34.6 Å². The van der Waals surface area contributed by atoms with E-state index >= 15 is 0 Å². The lowest BCUT2D eigenvalue weighted by atomic mass is 9.99. The lowest BCUT2D eigenvalue weighted by molar-refractivity contribution is -0.140. The maximum absolute atomic E-state index is 13.8. The number of aromatic nitrogens is 3. The minimum absolute atomic E-state index is 0.0373. The first kappa shape index (κ1) is 21.9. The number of benzene rings is 1. The van der Waals surface area contributed by atoms with Crippen molar-refractivity contribution in [3.63, 3.8) is 0 Å². The molecule has 6 nitrogen and oxygen atoms in total. The van der Waals surface area contributed by atoms with Gasteiger partial charge in [-0.2, -0.15) is 13.2 Å². The molecule has 1 atom stereocenters. The fourth-order valence-corrected chi connectivity index (χ4v) is 4.07. The molecule has 0 radical (unpaired) electrons. The van der Waals surface area contributed by atoms with Crippen molar-refractivity contribution in [2.75, 3.05) is 5.32 Å². The average Bonchev–Trinajstić information content (AvgIpc) is 3.27. The van der Waals surface area contributed by atoms with Gasteiger partial charge in [-0.1, -0.05) is 0 Å². The largest absolute Gasteiger partial charge is 0.433 e. The number of halogens is 4. The molecule has 1 aliphatic rings. The second-order valence-electron chi connectivity index (χ2n) is 8.14. The Labute approximate surface area is 191 Å². The molecule has 1 unspecified atom stereocenters. The summed E-state index contributed by atoms with van der Waals surface area (Å²) in [6, 6.07) is 7.44. The highest BCUT2D eigenvalue weighted by atomic mass is 19.4. The predicted molar refractivity (Wildman–Crippen MR) is 119 cm³/mol. The van der Waals surface area contributed by atoms with Crippen LogP contribution in [0.3, 0.4) is 0 Å². The van der Waals surface area contributed by atoms with Gasteiger partial charge in [0.05, 0.1) is 23.6 Å². The maximum Gasteiger partial charge on any atom is 0.433 e. The SMILES string of the molecule is O=C(NC1C=C(Nc2cc(C(F)(F)F)nc3ccc(F)cc23)CCC1)c1ccn2cncc2c1. The maximum atomic E-state index is 13.8. The number of hydrogen-bond donors (Lipinski definition) is 2. The highest BCUT2D eigenvalue weighted by molar-refractivity contribution is 5.95. The molecule has 0 fully saturated rings. The van der Waals surface area contributed by atoms with Gasteiger partial charge < -0.3 is 15.0 Å². The summed E-state index contributed by atoms with van der Waals surface area (Å²) < 4.78 is 55.7. The van der Waals surface area contributed by atoms with Crippen LogP contribution >= 0.6 is 0 Å². The van der Waals surface area contributed by atoms with Crippen molar-refractivity contribution < 1.29 is 22.4 Å². The van der Waals surface area contributed by atoms with E-state index in [1.165, 1.54) is 6.07 Å². The Balaban J connectivity index is 1.40. The zero-order valence-corrected chi connectivity index (χ0v) is 17.7. The number of imidazole rings is 1. The Morgan fingerprint density at radius 2 is 2.00 bits per heavy atom. The Kier molecular flexibility index (Phi) is 5.43. The monoisotopic (exact) mass is 469 g/mol. The van der Waals surface area contributed by atoms with Crippen LogP contribution < -0.4 is 10.6 Å². The fraction of sp³-hybridized carbons (Fsp3) is 0.208. The zero-order valence-electron chi connectivity index (χ0n) is 17.7. The minimum atomic E-state index is -4.65. The Morgan fingerprint density at radius 1 is 1.15 bits per heavy atom. The first-order chi connectivity index (χ1) is 16.3. The molecule has 0 bridgehead atoms. The van der Waals surface area contributed by atoms with E-state index in [2.05, 4.69) is 20.6 Å². The molecule has 5 rings (SSSR count). The summed E-state index contributed by atoms with van der Waals surface area (Å²) in [4.78, 5) is 20.4. The third kappa shape index (κ3) is 4.43. The van der Waals surface area contributed by atoms with Crippen LogP contribution in [0.15, 0.2) is 66.9 Å². The van der Waals surface area contributed by atoms with Crippen LogP contribution in [0.5, 0.6) is 0 Å². The smallest absolute Gasteiger partial charge is 0.359 e. The number of carbonyl (C=O) groups is 1. The van der Waals surface area contributed by atoms with Crippen molar-refractivity contribution in [3.05, 3.63) is 84.0 Å². The number of nitrogens with zero attached hydrogens (tertiary/aromatic N) is 3. The van der Waals surface area contributed by atoms with Crippen molar-refractivity contribution in [1.82, 2.24) is 19.7 Å². The topological polar surface area (TPSA) is 71.3 Å². The number of allylic oxidation sites excluding steroid dienone is 1. The normalized spacial score (nSPS) is 16.5. The summed E-state index contributed by atoms with van der Waals surface area (Å²) in [5.74, 6) is -0.836. The van der Waals surface area contributed by atoms with Crippen molar-refractivity contribution >= 4 is 28.0 Å². The number of pyridine rings is 2. The second-order valence-corrected chi connectivity index (χ2v) is 8.14. The molecular formula is C24H19F4N5O. The van der Waals surface area contributed by atoms with Crippen molar-refractivity contribution in [3.8, 4) is 0 Å². The number of anilines is 1. The molecule has 4 aromatic rings. The fourth-order valence-electron chi connectivity index (χ4n) is 4.07. The molecule has 0 saturated heterocycles. The molecule has 174 valence electrons. The van der Waals surface area contributed by atoms with Crippen molar-refractivity contribution in [1.29, 1.82) is 0 Å². The van der Waals surface area contributed by atoms with Crippen LogP contribution in [0.2, 0.25) is 0 Å². The Bertz CT molecular complexity index is 1430. The van der Waals surface area contributed by atoms with Gasteiger partial charge >= 0.3 is 6.18 Å². The molecule has 10 heteroatoms. The van der Waals surface area contributed by atoms with E-state index in [1.54, 1.807) is 41.3 Å². The average molecular weight is 469 g/mol. The molecule has 1 aliphatic carbocycles. The zero-order chi connectivity index (χ0) is 23.9. The molecule has 34 heavy (non-hydrogen) atoms. The van der Waals surface area contributed by atoms with Crippen LogP contribution in [0, 0.1) is 5.82 Å². The van der Waals surface area contributed by atoms with E-state index in [9.17, 15) is 22.4 Å².